The van der Waals surface area contributed by atoms with Crippen molar-refractivity contribution in [3.63, 3.8) is 0 Å². The summed E-state index contributed by atoms with van der Waals surface area (Å²) in [7, 11) is 2.07. The molecule has 0 unspecified atom stereocenters. The molecule has 33 heavy (non-hydrogen) atoms. The van der Waals surface area contributed by atoms with Gasteiger partial charge in [-0.1, -0.05) is 41.4 Å². The molecule has 1 saturated heterocycles. The zero-order valence-corrected chi connectivity index (χ0v) is 19.6. The largest absolute Gasteiger partial charge is 0.353 e. The Morgan fingerprint density at radius 2 is 1.76 bits per heavy atom. The van der Waals surface area contributed by atoms with Crippen LogP contribution >= 0.6 is 11.6 Å². The number of amides is 1. The van der Waals surface area contributed by atoms with Crippen molar-refractivity contribution >= 4 is 40.4 Å². The summed E-state index contributed by atoms with van der Waals surface area (Å²) >= 11 is 6.27. The van der Waals surface area contributed by atoms with Gasteiger partial charge < -0.3 is 10.2 Å². The van der Waals surface area contributed by atoms with Crippen molar-refractivity contribution in [2.24, 2.45) is 4.99 Å². The molecule has 1 fully saturated rings. The fraction of sp³-hybridized carbons (Fsp3) is 0.231. The van der Waals surface area contributed by atoms with Crippen LogP contribution in [0.25, 0.3) is 0 Å². The average Bonchev–Trinajstić information content (AvgIpc) is 2.96. The molecule has 0 radical (unpaired) electrons. The van der Waals surface area contributed by atoms with Crippen LogP contribution in [-0.4, -0.2) is 54.5 Å². The Hall–Kier alpha value is -3.35. The number of anilines is 2. The Kier molecular flexibility index (Phi) is 5.56. The van der Waals surface area contributed by atoms with Crippen molar-refractivity contribution in [2.45, 2.75) is 6.92 Å². The summed E-state index contributed by atoms with van der Waals surface area (Å²) in [6, 6.07) is 21.6. The van der Waals surface area contributed by atoms with Gasteiger partial charge in [0, 0.05) is 21.8 Å². The van der Waals surface area contributed by atoms with Gasteiger partial charge in [-0.15, -0.1) is 0 Å². The molecule has 6 nitrogen and oxygen atoms in total. The number of nitrogens with zero attached hydrogens (tertiary/aromatic N) is 3. The van der Waals surface area contributed by atoms with E-state index in [2.05, 4.69) is 34.8 Å². The first-order valence-corrected chi connectivity index (χ1v) is 11.5. The summed E-state index contributed by atoms with van der Waals surface area (Å²) in [5.74, 6) is 0.881. The molecule has 1 amide bonds. The van der Waals surface area contributed by atoms with E-state index in [9.17, 15) is 4.79 Å². The predicted molar refractivity (Wildman–Crippen MR) is 134 cm³/mol. The van der Waals surface area contributed by atoms with E-state index in [4.69, 9.17) is 16.6 Å². The fourth-order valence-corrected chi connectivity index (χ4v) is 4.46. The van der Waals surface area contributed by atoms with Gasteiger partial charge in [0.05, 0.1) is 31.5 Å². The van der Waals surface area contributed by atoms with E-state index in [1.807, 2.05) is 61.5 Å². The summed E-state index contributed by atoms with van der Waals surface area (Å²) in [5.41, 5.74) is 8.88. The van der Waals surface area contributed by atoms with Crippen LogP contribution in [0.3, 0.4) is 0 Å². The second-order valence-electron chi connectivity index (χ2n) is 8.90. The number of hydrogen-bond donors (Lipinski definition) is 2. The van der Waals surface area contributed by atoms with Crippen LogP contribution in [0, 0.1) is 6.92 Å². The molecule has 7 heteroatoms. The minimum atomic E-state index is -0.0455. The lowest BCUT2D eigenvalue weighted by Crippen LogP contribution is -2.65. The Labute approximate surface area is 199 Å². The van der Waals surface area contributed by atoms with Gasteiger partial charge in [0.1, 0.15) is 18.9 Å². The number of likely N-dealkylation sites (N-methyl/N-ethyl adjacent to an activating group) is 1. The third kappa shape index (κ3) is 4.45. The standard InChI is InChI=1S/C26H26ClN5O/c1-18-7-9-19(10-8-18)26(33)30-32(2)15-13-31(14-16-32)25-21-5-3-4-6-22(21)28-23-12-11-20(27)17-24(23)29-25/h3-12,17H,13-16H2,1-2H3,(H-,28,29,30,33)/p+1. The van der Waals surface area contributed by atoms with Crippen molar-refractivity contribution in [1.82, 2.24) is 10.3 Å². The number of rotatable bonds is 2. The molecule has 0 aliphatic carbocycles. The maximum Gasteiger partial charge on any atom is 0.295 e. The second kappa shape index (κ2) is 8.54. The number of fused-ring (bicyclic) bond motifs is 2. The van der Waals surface area contributed by atoms with E-state index in [-0.39, 0.29) is 5.91 Å². The third-order valence-electron chi connectivity index (χ3n) is 6.34. The van der Waals surface area contributed by atoms with E-state index in [0.717, 1.165) is 60.2 Å². The van der Waals surface area contributed by atoms with Gasteiger partial charge in [-0.05, 0) is 49.4 Å². The molecule has 0 spiro atoms. The van der Waals surface area contributed by atoms with E-state index >= 15 is 0 Å². The number of quaternary nitrogens is 1. The number of piperazine rings is 1. The highest BCUT2D eigenvalue weighted by molar-refractivity contribution is 6.31. The summed E-state index contributed by atoms with van der Waals surface area (Å²) in [6.45, 7) is 5.11. The van der Waals surface area contributed by atoms with Gasteiger partial charge in [-0.2, -0.15) is 5.43 Å². The second-order valence-corrected chi connectivity index (χ2v) is 9.34. The lowest BCUT2D eigenvalue weighted by molar-refractivity contribution is -0.946. The number of para-hydroxylation sites is 1. The first kappa shape index (κ1) is 21.5. The van der Waals surface area contributed by atoms with Crippen LogP contribution in [-0.2, 0) is 0 Å². The maximum absolute atomic E-state index is 12.8. The van der Waals surface area contributed by atoms with E-state index in [0.29, 0.717) is 15.2 Å². The molecule has 3 aromatic carbocycles. The molecule has 2 heterocycles. The number of aliphatic imine (C=N–C) groups is 1. The first-order chi connectivity index (χ1) is 15.9. The molecular weight excluding hydrogens is 434 g/mol. The normalized spacial score (nSPS) is 16.6. The zero-order chi connectivity index (χ0) is 23.0. The quantitative estimate of drug-likeness (QED) is 0.535. The molecule has 2 aliphatic heterocycles. The van der Waals surface area contributed by atoms with E-state index < -0.39 is 0 Å². The number of aryl methyl sites for hydroxylation is 1. The van der Waals surface area contributed by atoms with Gasteiger partial charge in [0.15, 0.2) is 0 Å². The molecule has 0 aromatic heterocycles. The van der Waals surface area contributed by atoms with Gasteiger partial charge in [-0.25, -0.2) is 9.58 Å². The molecule has 2 aliphatic rings. The molecule has 0 saturated carbocycles. The SMILES string of the molecule is Cc1ccc(C(=O)N[N+]2(C)CCN(C3=Nc4cc(Cl)ccc4Nc4ccccc43)CC2)cc1. The highest BCUT2D eigenvalue weighted by Gasteiger charge is 2.34. The maximum atomic E-state index is 12.8. The minimum absolute atomic E-state index is 0.0455. The number of benzene rings is 3. The number of amidine groups is 1. The third-order valence-corrected chi connectivity index (χ3v) is 6.57. The molecular formula is C26H27ClN5O+. The molecule has 168 valence electrons. The van der Waals surface area contributed by atoms with Crippen molar-refractivity contribution in [3.8, 4) is 0 Å². The molecule has 0 atom stereocenters. The van der Waals surface area contributed by atoms with Crippen LogP contribution in [0.2, 0.25) is 5.02 Å². The van der Waals surface area contributed by atoms with Crippen LogP contribution in [0.5, 0.6) is 0 Å². The van der Waals surface area contributed by atoms with Gasteiger partial charge in [-0.3, -0.25) is 4.79 Å². The molecule has 2 N–H and O–H groups in total. The van der Waals surface area contributed by atoms with Crippen molar-refractivity contribution in [2.75, 3.05) is 38.5 Å². The highest BCUT2D eigenvalue weighted by Crippen LogP contribution is 2.36. The molecule has 0 bridgehead atoms. The minimum Gasteiger partial charge on any atom is -0.353 e. The Morgan fingerprint density at radius 3 is 2.52 bits per heavy atom. The Balaban J connectivity index is 1.37. The van der Waals surface area contributed by atoms with Crippen molar-refractivity contribution < 1.29 is 9.39 Å². The van der Waals surface area contributed by atoms with Crippen LogP contribution in [0.4, 0.5) is 17.1 Å². The van der Waals surface area contributed by atoms with E-state index in [1.165, 1.54) is 0 Å². The van der Waals surface area contributed by atoms with Crippen LogP contribution < -0.4 is 10.7 Å². The topological polar surface area (TPSA) is 56.7 Å². The average molecular weight is 461 g/mol. The smallest absolute Gasteiger partial charge is 0.295 e. The van der Waals surface area contributed by atoms with Gasteiger partial charge in [0.25, 0.3) is 5.91 Å². The van der Waals surface area contributed by atoms with E-state index in [1.54, 1.807) is 0 Å². The summed E-state index contributed by atoms with van der Waals surface area (Å²) in [4.78, 5) is 20.1. The highest BCUT2D eigenvalue weighted by atomic mass is 35.5. The molecule has 5 rings (SSSR count). The lowest BCUT2D eigenvalue weighted by Gasteiger charge is -2.42. The van der Waals surface area contributed by atoms with Gasteiger partial charge >= 0.3 is 0 Å². The lowest BCUT2D eigenvalue weighted by atomic mass is 10.1. The van der Waals surface area contributed by atoms with Crippen molar-refractivity contribution in [3.05, 3.63) is 88.4 Å². The van der Waals surface area contributed by atoms with Gasteiger partial charge in [0.2, 0.25) is 0 Å². The number of carbonyl (C=O) groups is 1. The summed E-state index contributed by atoms with van der Waals surface area (Å²) < 4.78 is 0.485. The number of hydrogen-bond acceptors (Lipinski definition) is 4. The monoisotopic (exact) mass is 460 g/mol. The molecule has 3 aromatic rings. The van der Waals surface area contributed by atoms with Crippen molar-refractivity contribution in [1.29, 1.82) is 0 Å². The number of carbonyl (C=O) groups excluding carboxylic acids is 1. The number of nitrogens with one attached hydrogen (secondary N) is 2. The predicted octanol–water partition coefficient (Wildman–Crippen LogP) is 4.89. The first-order valence-electron chi connectivity index (χ1n) is 11.1. The van der Waals surface area contributed by atoms with Crippen LogP contribution in [0.1, 0.15) is 21.5 Å². The Bertz CT molecular complexity index is 1230. The zero-order valence-electron chi connectivity index (χ0n) is 18.8. The Morgan fingerprint density at radius 1 is 1.03 bits per heavy atom. The summed E-state index contributed by atoms with van der Waals surface area (Å²) in [6.07, 6.45) is 0. The number of halogens is 1. The summed E-state index contributed by atoms with van der Waals surface area (Å²) in [5, 5.41) is 4.16. The van der Waals surface area contributed by atoms with Crippen LogP contribution in [0.15, 0.2) is 71.7 Å². The fourth-order valence-electron chi connectivity index (χ4n) is 4.30.